The van der Waals surface area contributed by atoms with Gasteiger partial charge in [0, 0.05) is 0 Å². The number of hydrogen-bond donors (Lipinski definition) is 2. The van der Waals surface area contributed by atoms with Crippen LogP contribution in [0.5, 0.6) is 11.5 Å². The van der Waals surface area contributed by atoms with E-state index in [1.165, 1.54) is 24.3 Å². The van der Waals surface area contributed by atoms with Crippen LogP contribution >= 0.6 is 0 Å². The van der Waals surface area contributed by atoms with Crippen LogP contribution in [0.2, 0.25) is 0 Å². The van der Waals surface area contributed by atoms with E-state index in [4.69, 9.17) is 5.11 Å². The molecule has 2 aromatic rings. The first-order valence-electron chi connectivity index (χ1n) is 5.36. The maximum atomic E-state index is 10.9. The van der Waals surface area contributed by atoms with Crippen molar-refractivity contribution in [2.45, 2.75) is 4.90 Å². The van der Waals surface area contributed by atoms with E-state index in [1.807, 2.05) is 0 Å². The van der Waals surface area contributed by atoms with Crippen molar-refractivity contribution in [1.29, 1.82) is 0 Å². The molecule has 0 saturated carbocycles. The largest absolute Gasteiger partial charge is 1.00 e. The number of azo groups is 1. The molecule has 0 atom stereocenters. The van der Waals surface area contributed by atoms with E-state index in [-0.39, 0.29) is 46.7 Å². The summed E-state index contributed by atoms with van der Waals surface area (Å²) in [7, 11) is -4.63. The van der Waals surface area contributed by atoms with Crippen molar-refractivity contribution in [1.82, 2.24) is 0 Å². The van der Waals surface area contributed by atoms with Gasteiger partial charge in [0.1, 0.15) is 27.3 Å². The maximum Gasteiger partial charge on any atom is 1.00 e. The third kappa shape index (κ3) is 4.80. The predicted molar refractivity (Wildman–Crippen MR) is 68.4 cm³/mol. The fourth-order valence-corrected chi connectivity index (χ4v) is 1.86. The zero-order chi connectivity index (χ0) is 14.8. The van der Waals surface area contributed by atoms with Gasteiger partial charge in [-0.1, -0.05) is 0 Å². The van der Waals surface area contributed by atoms with Crippen molar-refractivity contribution >= 4 is 21.5 Å². The quantitative estimate of drug-likeness (QED) is 0.446. The Labute approximate surface area is 143 Å². The minimum atomic E-state index is -4.63. The van der Waals surface area contributed by atoms with E-state index >= 15 is 0 Å². The van der Waals surface area contributed by atoms with Gasteiger partial charge in [0.2, 0.25) is 0 Å². The average Bonchev–Trinajstić information content (AvgIpc) is 2.38. The SMILES string of the molecule is O=S(=O)([O-])c1ccc(O)c(N=Nc2ccc(O)cc2)c1.[Na+]. The number of hydrogen-bond acceptors (Lipinski definition) is 7. The van der Waals surface area contributed by atoms with Gasteiger partial charge in [0.05, 0.1) is 10.6 Å². The first-order chi connectivity index (χ1) is 9.36. The van der Waals surface area contributed by atoms with Crippen molar-refractivity contribution in [2.24, 2.45) is 10.2 Å². The van der Waals surface area contributed by atoms with Crippen LogP contribution in [0.4, 0.5) is 11.4 Å². The Morgan fingerprint density at radius 1 is 0.952 bits per heavy atom. The molecule has 0 bridgehead atoms. The van der Waals surface area contributed by atoms with Crippen LogP contribution in [0, 0.1) is 0 Å². The molecule has 0 saturated heterocycles. The third-order valence-corrected chi connectivity index (χ3v) is 3.19. The summed E-state index contributed by atoms with van der Waals surface area (Å²) in [4.78, 5) is -0.505. The van der Waals surface area contributed by atoms with Gasteiger partial charge in [-0.05, 0) is 42.5 Å². The molecule has 0 aromatic heterocycles. The molecule has 0 aliphatic heterocycles. The molecule has 0 radical (unpaired) electrons. The summed E-state index contributed by atoms with van der Waals surface area (Å²) in [6.07, 6.45) is 0. The van der Waals surface area contributed by atoms with Crippen LogP contribution in [0.25, 0.3) is 0 Å². The van der Waals surface area contributed by atoms with Gasteiger partial charge in [-0.3, -0.25) is 0 Å². The summed E-state index contributed by atoms with van der Waals surface area (Å²) in [5, 5.41) is 26.1. The van der Waals surface area contributed by atoms with Crippen molar-refractivity contribution in [3.05, 3.63) is 42.5 Å². The zero-order valence-electron chi connectivity index (χ0n) is 11.0. The topological polar surface area (TPSA) is 122 Å². The normalized spacial score (nSPS) is 11.3. The molecule has 2 aromatic carbocycles. The number of aromatic hydroxyl groups is 2. The van der Waals surface area contributed by atoms with Crippen LogP contribution < -0.4 is 29.6 Å². The Morgan fingerprint density at radius 2 is 1.57 bits per heavy atom. The second kappa shape index (κ2) is 7.01. The van der Waals surface area contributed by atoms with E-state index in [0.29, 0.717) is 5.69 Å². The van der Waals surface area contributed by atoms with Crippen molar-refractivity contribution in [3.8, 4) is 11.5 Å². The monoisotopic (exact) mass is 316 g/mol. The summed E-state index contributed by atoms with van der Waals surface area (Å²) >= 11 is 0. The third-order valence-electron chi connectivity index (χ3n) is 2.36. The minimum absolute atomic E-state index is 0. The summed E-state index contributed by atoms with van der Waals surface area (Å²) in [6, 6.07) is 8.71. The van der Waals surface area contributed by atoms with Gasteiger partial charge in [-0.15, -0.1) is 5.11 Å². The van der Waals surface area contributed by atoms with Gasteiger partial charge in [-0.25, -0.2) is 8.42 Å². The van der Waals surface area contributed by atoms with Gasteiger partial charge >= 0.3 is 29.6 Å². The maximum absolute atomic E-state index is 10.9. The Bertz CT molecular complexity index is 760. The summed E-state index contributed by atoms with van der Waals surface area (Å²) < 4.78 is 32.6. The molecule has 2 rings (SSSR count). The molecule has 0 spiro atoms. The van der Waals surface area contributed by atoms with Crippen LogP contribution in [-0.4, -0.2) is 23.2 Å². The van der Waals surface area contributed by atoms with Crippen molar-refractivity contribution in [3.63, 3.8) is 0 Å². The molecule has 0 aliphatic rings. The van der Waals surface area contributed by atoms with E-state index in [0.717, 1.165) is 18.2 Å². The smallest absolute Gasteiger partial charge is 0.744 e. The number of phenolic OH excluding ortho intramolecular Hbond substituents is 2. The first-order valence-corrected chi connectivity index (χ1v) is 6.77. The molecular weight excluding hydrogens is 307 g/mol. The Balaban J connectivity index is 0.00000220. The van der Waals surface area contributed by atoms with E-state index in [9.17, 15) is 18.1 Å². The van der Waals surface area contributed by atoms with Crippen LogP contribution in [-0.2, 0) is 10.1 Å². The molecular formula is C12H9N2NaO5S. The predicted octanol–water partition coefficient (Wildman–Crippen LogP) is -0.579. The fraction of sp³-hybridized carbons (Fsp3) is 0. The number of phenols is 2. The molecule has 0 aliphatic carbocycles. The summed E-state index contributed by atoms with van der Waals surface area (Å²) in [6.45, 7) is 0. The molecule has 104 valence electrons. The number of nitrogens with zero attached hydrogens (tertiary/aromatic N) is 2. The summed E-state index contributed by atoms with van der Waals surface area (Å²) in [5.74, 6) is -0.244. The van der Waals surface area contributed by atoms with Crippen molar-refractivity contribution in [2.75, 3.05) is 0 Å². The van der Waals surface area contributed by atoms with Gasteiger partial charge < -0.3 is 14.8 Å². The molecule has 2 N–H and O–H groups in total. The Morgan fingerprint density at radius 3 is 2.14 bits per heavy atom. The second-order valence-electron chi connectivity index (χ2n) is 3.82. The minimum Gasteiger partial charge on any atom is -0.744 e. The molecule has 0 heterocycles. The number of benzene rings is 2. The molecule has 7 nitrogen and oxygen atoms in total. The second-order valence-corrected chi connectivity index (χ2v) is 5.20. The molecule has 0 fully saturated rings. The molecule has 9 heteroatoms. The molecule has 0 unspecified atom stereocenters. The molecule has 0 amide bonds. The average molecular weight is 316 g/mol. The van der Waals surface area contributed by atoms with E-state index in [2.05, 4.69) is 10.2 Å². The van der Waals surface area contributed by atoms with Crippen LogP contribution in [0.1, 0.15) is 0 Å². The first kappa shape index (κ1) is 17.6. The number of rotatable bonds is 3. The fourth-order valence-electron chi connectivity index (χ4n) is 1.37. The Kier molecular flexibility index (Phi) is 5.87. The Hall–Kier alpha value is -1.45. The van der Waals surface area contributed by atoms with E-state index < -0.39 is 15.0 Å². The van der Waals surface area contributed by atoms with Gasteiger partial charge in [0.25, 0.3) is 0 Å². The van der Waals surface area contributed by atoms with Gasteiger partial charge in [-0.2, -0.15) is 5.11 Å². The van der Waals surface area contributed by atoms with Crippen LogP contribution in [0.3, 0.4) is 0 Å². The standard InChI is InChI=1S/C12H10N2O5S.Na/c15-9-3-1-8(2-4-9)13-14-11-7-10(20(17,18)19)5-6-12(11)16;/h1-7,15-16H,(H,17,18,19);/q;+1/p-1. The summed E-state index contributed by atoms with van der Waals surface area (Å²) in [5.41, 5.74) is 0.243. The zero-order valence-corrected chi connectivity index (χ0v) is 13.8. The van der Waals surface area contributed by atoms with Crippen molar-refractivity contribution < 1.29 is 52.7 Å². The van der Waals surface area contributed by atoms with E-state index in [1.54, 1.807) is 0 Å². The van der Waals surface area contributed by atoms with Crippen LogP contribution in [0.15, 0.2) is 57.6 Å². The van der Waals surface area contributed by atoms with Gasteiger partial charge in [0.15, 0.2) is 0 Å². The molecule has 21 heavy (non-hydrogen) atoms.